The number of carbonyl (C=O) groups is 3. The SMILES string of the molecule is Cc1nc(-c2ccc(NC(=O)c3ccc(CN4C(=O)CCC4=O)cc3)cc2)cs1. The van der Waals surface area contributed by atoms with Gasteiger partial charge in [0, 0.05) is 35.0 Å². The summed E-state index contributed by atoms with van der Waals surface area (Å²) in [5.41, 5.74) is 3.95. The lowest BCUT2D eigenvalue weighted by Gasteiger charge is -2.14. The molecule has 0 spiro atoms. The molecule has 1 fully saturated rings. The summed E-state index contributed by atoms with van der Waals surface area (Å²) in [4.78, 5) is 41.7. The maximum atomic E-state index is 12.5. The van der Waals surface area contributed by atoms with Crippen molar-refractivity contribution in [2.24, 2.45) is 0 Å². The second kappa shape index (κ2) is 7.97. The van der Waals surface area contributed by atoms with Gasteiger partial charge in [-0.3, -0.25) is 19.3 Å². The summed E-state index contributed by atoms with van der Waals surface area (Å²) >= 11 is 1.60. The Morgan fingerprint density at radius 2 is 1.69 bits per heavy atom. The van der Waals surface area contributed by atoms with Crippen molar-refractivity contribution in [3.05, 3.63) is 70.0 Å². The molecule has 0 atom stereocenters. The first-order valence-corrected chi connectivity index (χ1v) is 10.1. The molecule has 1 N–H and O–H groups in total. The lowest BCUT2D eigenvalue weighted by molar-refractivity contribution is -0.139. The highest BCUT2D eigenvalue weighted by Crippen LogP contribution is 2.23. The van der Waals surface area contributed by atoms with Crippen LogP contribution in [0.2, 0.25) is 0 Å². The number of nitrogens with one attached hydrogen (secondary N) is 1. The lowest BCUT2D eigenvalue weighted by atomic mass is 10.1. The molecule has 2 aromatic carbocycles. The fourth-order valence-electron chi connectivity index (χ4n) is 3.17. The van der Waals surface area contributed by atoms with Crippen LogP contribution in [0.3, 0.4) is 0 Å². The van der Waals surface area contributed by atoms with E-state index in [1.54, 1.807) is 35.6 Å². The molecule has 4 rings (SSSR count). The average Bonchev–Trinajstić information content (AvgIpc) is 3.29. The zero-order valence-electron chi connectivity index (χ0n) is 15.8. The van der Waals surface area contributed by atoms with Crippen molar-refractivity contribution >= 4 is 34.7 Å². The number of hydrogen-bond donors (Lipinski definition) is 1. The molecule has 0 unspecified atom stereocenters. The number of aryl methyl sites for hydroxylation is 1. The molecule has 1 aliphatic rings. The molecular formula is C22H19N3O3S. The van der Waals surface area contributed by atoms with Gasteiger partial charge in [-0.25, -0.2) is 4.98 Å². The van der Waals surface area contributed by atoms with Crippen molar-refractivity contribution in [1.82, 2.24) is 9.88 Å². The number of amides is 3. The molecule has 0 saturated carbocycles. The van der Waals surface area contributed by atoms with Gasteiger partial charge in [-0.15, -0.1) is 11.3 Å². The highest BCUT2D eigenvalue weighted by molar-refractivity contribution is 7.09. The predicted octanol–water partition coefficient (Wildman–Crippen LogP) is 4.02. The zero-order chi connectivity index (χ0) is 20.4. The minimum absolute atomic E-state index is 0.145. The minimum atomic E-state index is -0.220. The highest BCUT2D eigenvalue weighted by Gasteiger charge is 2.28. The Morgan fingerprint density at radius 1 is 1.03 bits per heavy atom. The summed E-state index contributed by atoms with van der Waals surface area (Å²) in [6.07, 6.45) is 0.556. The number of hydrogen-bond acceptors (Lipinski definition) is 5. The Hall–Kier alpha value is -3.32. The molecule has 0 bridgehead atoms. The van der Waals surface area contributed by atoms with E-state index in [9.17, 15) is 14.4 Å². The monoisotopic (exact) mass is 405 g/mol. The smallest absolute Gasteiger partial charge is 0.255 e. The Labute approximate surface area is 172 Å². The quantitative estimate of drug-likeness (QED) is 0.650. The second-order valence-electron chi connectivity index (χ2n) is 6.85. The summed E-state index contributed by atoms with van der Waals surface area (Å²) in [6, 6.07) is 14.5. The summed E-state index contributed by atoms with van der Waals surface area (Å²) in [5.74, 6) is -0.511. The molecule has 146 valence electrons. The molecule has 29 heavy (non-hydrogen) atoms. The summed E-state index contributed by atoms with van der Waals surface area (Å²) in [7, 11) is 0. The molecule has 0 aliphatic carbocycles. The van der Waals surface area contributed by atoms with E-state index in [0.717, 1.165) is 21.8 Å². The van der Waals surface area contributed by atoms with Crippen LogP contribution < -0.4 is 5.32 Å². The lowest BCUT2D eigenvalue weighted by Crippen LogP contribution is -2.28. The van der Waals surface area contributed by atoms with E-state index in [0.29, 0.717) is 11.3 Å². The zero-order valence-corrected chi connectivity index (χ0v) is 16.7. The van der Waals surface area contributed by atoms with Crippen molar-refractivity contribution in [2.75, 3.05) is 5.32 Å². The van der Waals surface area contributed by atoms with E-state index < -0.39 is 0 Å². The van der Waals surface area contributed by atoms with Gasteiger partial charge in [0.05, 0.1) is 17.2 Å². The van der Waals surface area contributed by atoms with Crippen LogP contribution in [-0.2, 0) is 16.1 Å². The maximum absolute atomic E-state index is 12.5. The molecule has 0 radical (unpaired) electrons. The number of aromatic nitrogens is 1. The Bertz CT molecular complexity index is 1060. The Morgan fingerprint density at radius 3 is 2.28 bits per heavy atom. The third kappa shape index (κ3) is 4.25. The van der Waals surface area contributed by atoms with Crippen molar-refractivity contribution in [1.29, 1.82) is 0 Å². The van der Waals surface area contributed by atoms with Gasteiger partial charge in [0.15, 0.2) is 0 Å². The Kier molecular flexibility index (Phi) is 5.22. The van der Waals surface area contributed by atoms with Crippen molar-refractivity contribution in [3.8, 4) is 11.3 Å². The van der Waals surface area contributed by atoms with Gasteiger partial charge in [-0.1, -0.05) is 24.3 Å². The molecule has 1 saturated heterocycles. The maximum Gasteiger partial charge on any atom is 0.255 e. The van der Waals surface area contributed by atoms with Crippen LogP contribution in [0.4, 0.5) is 5.69 Å². The van der Waals surface area contributed by atoms with Gasteiger partial charge in [-0.2, -0.15) is 0 Å². The van der Waals surface area contributed by atoms with Gasteiger partial charge in [0.2, 0.25) is 11.8 Å². The van der Waals surface area contributed by atoms with Crippen molar-refractivity contribution in [2.45, 2.75) is 26.3 Å². The van der Waals surface area contributed by atoms with E-state index >= 15 is 0 Å². The summed E-state index contributed by atoms with van der Waals surface area (Å²) in [5, 5.41) is 5.89. The van der Waals surface area contributed by atoms with Gasteiger partial charge >= 0.3 is 0 Å². The molecule has 3 aromatic rings. The molecule has 6 nitrogen and oxygen atoms in total. The third-order valence-electron chi connectivity index (χ3n) is 4.77. The number of anilines is 1. The van der Waals surface area contributed by atoms with Crippen molar-refractivity contribution in [3.63, 3.8) is 0 Å². The topological polar surface area (TPSA) is 79.4 Å². The number of nitrogens with zero attached hydrogens (tertiary/aromatic N) is 2. The normalized spacial score (nSPS) is 13.8. The summed E-state index contributed by atoms with van der Waals surface area (Å²) < 4.78 is 0. The predicted molar refractivity (Wildman–Crippen MR) is 111 cm³/mol. The van der Waals surface area contributed by atoms with Crippen LogP contribution in [0.1, 0.15) is 33.8 Å². The average molecular weight is 405 g/mol. The first kappa shape index (κ1) is 19.0. The minimum Gasteiger partial charge on any atom is -0.322 e. The number of thiazole rings is 1. The molecular weight excluding hydrogens is 386 g/mol. The van der Waals surface area contributed by atoms with E-state index in [1.807, 2.05) is 36.6 Å². The fraction of sp³-hybridized carbons (Fsp3) is 0.182. The summed E-state index contributed by atoms with van der Waals surface area (Å²) in [6.45, 7) is 2.21. The molecule has 3 amide bonds. The van der Waals surface area contributed by atoms with E-state index in [-0.39, 0.29) is 37.1 Å². The first-order valence-electron chi connectivity index (χ1n) is 9.25. The van der Waals surface area contributed by atoms with Crippen LogP contribution in [-0.4, -0.2) is 27.6 Å². The number of rotatable bonds is 5. The van der Waals surface area contributed by atoms with Gasteiger partial charge in [0.1, 0.15) is 0 Å². The second-order valence-corrected chi connectivity index (χ2v) is 7.92. The first-order chi connectivity index (χ1) is 14.0. The van der Waals surface area contributed by atoms with Gasteiger partial charge in [0.25, 0.3) is 5.91 Å². The van der Waals surface area contributed by atoms with Crippen LogP contribution in [0.25, 0.3) is 11.3 Å². The van der Waals surface area contributed by atoms with Crippen molar-refractivity contribution < 1.29 is 14.4 Å². The number of imide groups is 1. The van der Waals surface area contributed by atoms with E-state index in [4.69, 9.17) is 0 Å². The van der Waals surface area contributed by atoms with Crippen LogP contribution in [0.15, 0.2) is 53.9 Å². The standard InChI is InChI=1S/C22H19N3O3S/c1-14-23-19(13-29-14)16-6-8-18(9-7-16)24-22(28)17-4-2-15(3-5-17)12-25-20(26)10-11-21(25)27/h2-9,13H,10-12H2,1H3,(H,24,28). The molecule has 2 heterocycles. The van der Waals surface area contributed by atoms with Crippen LogP contribution >= 0.6 is 11.3 Å². The largest absolute Gasteiger partial charge is 0.322 e. The Balaban J connectivity index is 1.39. The van der Waals surface area contributed by atoms with Crippen LogP contribution in [0, 0.1) is 6.92 Å². The fourth-order valence-corrected chi connectivity index (χ4v) is 3.79. The van der Waals surface area contributed by atoms with E-state index in [1.165, 1.54) is 4.90 Å². The molecule has 1 aromatic heterocycles. The van der Waals surface area contributed by atoms with E-state index in [2.05, 4.69) is 10.3 Å². The number of likely N-dealkylation sites (tertiary alicyclic amines) is 1. The molecule has 7 heteroatoms. The molecule has 1 aliphatic heterocycles. The number of benzene rings is 2. The number of carbonyl (C=O) groups excluding carboxylic acids is 3. The van der Waals surface area contributed by atoms with Gasteiger partial charge < -0.3 is 5.32 Å². The highest BCUT2D eigenvalue weighted by atomic mass is 32.1. The van der Waals surface area contributed by atoms with Gasteiger partial charge in [-0.05, 0) is 36.8 Å². The third-order valence-corrected chi connectivity index (χ3v) is 5.54. The van der Waals surface area contributed by atoms with Crippen LogP contribution in [0.5, 0.6) is 0 Å².